The van der Waals surface area contributed by atoms with E-state index in [-0.39, 0.29) is 18.3 Å². The molecule has 0 radical (unpaired) electrons. The molecule has 3 nitrogen and oxygen atoms in total. The molecule has 1 heterocycles. The number of halogens is 1. The second-order valence-corrected chi connectivity index (χ2v) is 5.90. The molecule has 0 bridgehead atoms. The Kier molecular flexibility index (Phi) is 4.84. The van der Waals surface area contributed by atoms with Crippen LogP contribution in [-0.4, -0.2) is 10.9 Å². The molecule has 0 unspecified atom stereocenters. The number of rotatable bonds is 5. The summed E-state index contributed by atoms with van der Waals surface area (Å²) in [5, 5.41) is 3.76. The van der Waals surface area contributed by atoms with E-state index in [1.54, 1.807) is 29.5 Å². The minimum absolute atomic E-state index is 0.0706. The first-order valence-corrected chi connectivity index (χ1v) is 7.31. The average molecular weight is 292 g/mol. The monoisotopic (exact) mass is 292 g/mol. The van der Waals surface area contributed by atoms with Gasteiger partial charge in [0.05, 0.1) is 10.7 Å². The maximum atomic E-state index is 13.4. The second-order valence-electron chi connectivity index (χ2n) is 4.61. The molecular formula is C15H17FN2OS. The molecule has 1 aromatic carbocycles. The van der Waals surface area contributed by atoms with Gasteiger partial charge in [-0.15, -0.1) is 11.3 Å². The van der Waals surface area contributed by atoms with Crippen LogP contribution in [0.3, 0.4) is 0 Å². The number of carbonyl (C=O) groups excluding carboxylic acids is 1. The normalized spacial score (nSPS) is 10.6. The summed E-state index contributed by atoms with van der Waals surface area (Å²) in [5.74, 6) is -0.361. The summed E-state index contributed by atoms with van der Waals surface area (Å²) in [6.45, 7) is 4.14. The molecule has 0 aliphatic carbocycles. The molecule has 0 spiro atoms. The lowest BCUT2D eigenvalue weighted by Crippen LogP contribution is -2.23. The van der Waals surface area contributed by atoms with Crippen LogP contribution in [0, 0.1) is 19.7 Å². The fourth-order valence-corrected chi connectivity index (χ4v) is 2.89. The van der Waals surface area contributed by atoms with Gasteiger partial charge in [-0.25, -0.2) is 9.37 Å². The van der Waals surface area contributed by atoms with Crippen molar-refractivity contribution in [2.75, 3.05) is 0 Å². The minimum Gasteiger partial charge on any atom is -0.352 e. The summed E-state index contributed by atoms with van der Waals surface area (Å²) in [5.41, 5.74) is 1.50. The molecule has 0 saturated heterocycles. The highest BCUT2D eigenvalue weighted by Gasteiger charge is 2.08. The minimum atomic E-state index is -0.290. The Morgan fingerprint density at radius 1 is 1.35 bits per heavy atom. The Morgan fingerprint density at radius 3 is 2.75 bits per heavy atom. The Morgan fingerprint density at radius 2 is 2.10 bits per heavy atom. The highest BCUT2D eigenvalue weighted by Crippen LogP contribution is 2.18. The lowest BCUT2D eigenvalue weighted by atomic mass is 10.2. The summed E-state index contributed by atoms with van der Waals surface area (Å²) < 4.78 is 13.4. The Hall–Kier alpha value is -1.75. The van der Waals surface area contributed by atoms with E-state index in [2.05, 4.69) is 10.3 Å². The number of aromatic nitrogens is 1. The predicted molar refractivity (Wildman–Crippen MR) is 78.2 cm³/mol. The third-order valence-electron chi connectivity index (χ3n) is 3.01. The quantitative estimate of drug-likeness (QED) is 0.920. The number of amides is 1. The SMILES string of the molecule is Cc1nc(C)c(CCC(=O)NCc2ccccc2F)s1. The van der Waals surface area contributed by atoms with Crippen molar-refractivity contribution < 1.29 is 9.18 Å². The second kappa shape index (κ2) is 6.61. The predicted octanol–water partition coefficient (Wildman–Crippen LogP) is 3.15. The van der Waals surface area contributed by atoms with E-state index in [1.165, 1.54) is 6.07 Å². The van der Waals surface area contributed by atoms with Crippen LogP contribution < -0.4 is 5.32 Å². The Balaban J connectivity index is 1.82. The summed E-state index contributed by atoms with van der Waals surface area (Å²) >= 11 is 1.62. The zero-order valence-electron chi connectivity index (χ0n) is 11.6. The van der Waals surface area contributed by atoms with Crippen molar-refractivity contribution in [1.29, 1.82) is 0 Å². The molecule has 0 saturated carbocycles. The number of nitrogens with zero attached hydrogens (tertiary/aromatic N) is 1. The number of thiazole rings is 1. The first kappa shape index (κ1) is 14.7. The highest BCUT2D eigenvalue weighted by molar-refractivity contribution is 7.11. The molecule has 5 heteroatoms. The van der Waals surface area contributed by atoms with Crippen LogP contribution in [0.4, 0.5) is 4.39 Å². The van der Waals surface area contributed by atoms with Gasteiger partial charge in [-0.2, -0.15) is 0 Å². The fraction of sp³-hybridized carbons (Fsp3) is 0.333. The van der Waals surface area contributed by atoms with E-state index >= 15 is 0 Å². The van der Waals surface area contributed by atoms with Crippen molar-refractivity contribution in [3.8, 4) is 0 Å². The summed E-state index contributed by atoms with van der Waals surface area (Å²) in [4.78, 5) is 17.2. The van der Waals surface area contributed by atoms with Gasteiger partial charge in [0.25, 0.3) is 0 Å². The van der Waals surface area contributed by atoms with Crippen molar-refractivity contribution in [2.45, 2.75) is 33.2 Å². The first-order chi connectivity index (χ1) is 9.56. The number of nitrogens with one attached hydrogen (secondary N) is 1. The zero-order chi connectivity index (χ0) is 14.5. The van der Waals surface area contributed by atoms with Crippen molar-refractivity contribution in [1.82, 2.24) is 10.3 Å². The van der Waals surface area contributed by atoms with E-state index < -0.39 is 0 Å². The topological polar surface area (TPSA) is 42.0 Å². The molecule has 0 fully saturated rings. The first-order valence-electron chi connectivity index (χ1n) is 6.49. The van der Waals surface area contributed by atoms with Crippen LogP contribution in [0.15, 0.2) is 24.3 Å². The number of hydrogen-bond donors (Lipinski definition) is 1. The van der Waals surface area contributed by atoms with Gasteiger partial charge >= 0.3 is 0 Å². The molecule has 2 aromatic rings. The molecule has 0 aliphatic rings. The van der Waals surface area contributed by atoms with Gasteiger partial charge in [0.1, 0.15) is 5.82 Å². The van der Waals surface area contributed by atoms with E-state index in [0.717, 1.165) is 15.6 Å². The summed E-state index contributed by atoms with van der Waals surface area (Å²) in [7, 11) is 0. The van der Waals surface area contributed by atoms with Crippen molar-refractivity contribution in [3.63, 3.8) is 0 Å². The standard InChI is InChI=1S/C15H17FN2OS/c1-10-14(20-11(2)18-10)7-8-15(19)17-9-12-5-3-4-6-13(12)16/h3-6H,7-9H2,1-2H3,(H,17,19). The van der Waals surface area contributed by atoms with Gasteiger partial charge in [0.15, 0.2) is 0 Å². The van der Waals surface area contributed by atoms with Crippen LogP contribution in [0.1, 0.15) is 27.6 Å². The fourth-order valence-electron chi connectivity index (χ4n) is 1.96. The smallest absolute Gasteiger partial charge is 0.220 e. The van der Waals surface area contributed by atoms with Gasteiger partial charge in [-0.3, -0.25) is 4.79 Å². The molecular weight excluding hydrogens is 275 g/mol. The third kappa shape index (κ3) is 3.87. The third-order valence-corrected chi connectivity index (χ3v) is 4.15. The van der Waals surface area contributed by atoms with Gasteiger partial charge in [0, 0.05) is 23.4 Å². The van der Waals surface area contributed by atoms with Crippen molar-refractivity contribution >= 4 is 17.2 Å². The molecule has 2 rings (SSSR count). The number of carbonyl (C=O) groups is 1. The van der Waals surface area contributed by atoms with Crippen molar-refractivity contribution in [3.05, 3.63) is 51.2 Å². The maximum Gasteiger partial charge on any atom is 0.220 e. The molecule has 1 amide bonds. The van der Waals surface area contributed by atoms with Crippen LogP contribution in [0.2, 0.25) is 0 Å². The lowest BCUT2D eigenvalue weighted by molar-refractivity contribution is -0.121. The molecule has 106 valence electrons. The highest BCUT2D eigenvalue weighted by atomic mass is 32.1. The largest absolute Gasteiger partial charge is 0.352 e. The summed E-state index contributed by atoms with van der Waals surface area (Å²) in [6.07, 6.45) is 1.08. The van der Waals surface area contributed by atoms with E-state index in [9.17, 15) is 9.18 Å². The number of aryl methyl sites for hydroxylation is 3. The van der Waals surface area contributed by atoms with E-state index in [0.29, 0.717) is 18.4 Å². The molecule has 1 N–H and O–H groups in total. The van der Waals surface area contributed by atoms with Crippen LogP contribution in [0.5, 0.6) is 0 Å². The summed E-state index contributed by atoms with van der Waals surface area (Å²) in [6, 6.07) is 6.46. The Bertz CT molecular complexity index is 610. The van der Waals surface area contributed by atoms with Gasteiger partial charge in [-0.1, -0.05) is 18.2 Å². The van der Waals surface area contributed by atoms with E-state index in [4.69, 9.17) is 0 Å². The lowest BCUT2D eigenvalue weighted by Gasteiger charge is -2.06. The van der Waals surface area contributed by atoms with Crippen LogP contribution >= 0.6 is 11.3 Å². The van der Waals surface area contributed by atoms with Crippen LogP contribution in [0.25, 0.3) is 0 Å². The van der Waals surface area contributed by atoms with Crippen molar-refractivity contribution in [2.24, 2.45) is 0 Å². The molecule has 20 heavy (non-hydrogen) atoms. The maximum absolute atomic E-state index is 13.4. The van der Waals surface area contributed by atoms with Gasteiger partial charge in [0.2, 0.25) is 5.91 Å². The van der Waals surface area contributed by atoms with E-state index in [1.807, 2.05) is 13.8 Å². The van der Waals surface area contributed by atoms with Crippen LogP contribution in [-0.2, 0) is 17.8 Å². The van der Waals surface area contributed by atoms with Gasteiger partial charge < -0.3 is 5.32 Å². The molecule has 0 atom stereocenters. The number of hydrogen-bond acceptors (Lipinski definition) is 3. The Labute approximate surface area is 121 Å². The molecule has 1 aromatic heterocycles. The molecule has 0 aliphatic heterocycles. The van der Waals surface area contributed by atoms with Gasteiger partial charge in [-0.05, 0) is 26.3 Å². The zero-order valence-corrected chi connectivity index (χ0v) is 12.4. The number of benzene rings is 1. The average Bonchev–Trinajstić information content (AvgIpc) is 2.74.